The molecule has 1 aliphatic rings. The van der Waals surface area contributed by atoms with Crippen LogP contribution in [0.5, 0.6) is 0 Å². The average Bonchev–Trinajstić information content (AvgIpc) is 2.86. The standard InChI is InChI=1S/C16H26N2O2S/c1-5-17-11-15-9-12(2)14(4)16(10-15)21(19,20)18-8-6-7-13(18)3/h9-10,13,17H,5-8,11H2,1-4H3. The number of hydrogen-bond acceptors (Lipinski definition) is 3. The zero-order valence-electron chi connectivity index (χ0n) is 13.4. The first kappa shape index (κ1) is 16.5. The molecule has 1 unspecified atom stereocenters. The quantitative estimate of drug-likeness (QED) is 0.909. The molecule has 118 valence electrons. The molecule has 21 heavy (non-hydrogen) atoms. The highest BCUT2D eigenvalue weighted by molar-refractivity contribution is 7.89. The van der Waals surface area contributed by atoms with Gasteiger partial charge in [0.15, 0.2) is 0 Å². The van der Waals surface area contributed by atoms with Gasteiger partial charge in [0.1, 0.15) is 0 Å². The number of hydrogen-bond donors (Lipinski definition) is 1. The molecule has 1 saturated heterocycles. The summed E-state index contributed by atoms with van der Waals surface area (Å²) in [6, 6.07) is 4.02. The lowest BCUT2D eigenvalue weighted by Gasteiger charge is -2.23. The van der Waals surface area contributed by atoms with Gasteiger partial charge in [0.25, 0.3) is 0 Å². The van der Waals surface area contributed by atoms with Crippen LogP contribution in [0.3, 0.4) is 0 Å². The van der Waals surface area contributed by atoms with Gasteiger partial charge in [-0.15, -0.1) is 0 Å². The van der Waals surface area contributed by atoms with Gasteiger partial charge >= 0.3 is 0 Å². The molecule has 0 saturated carbocycles. The fraction of sp³-hybridized carbons (Fsp3) is 0.625. The Hall–Kier alpha value is -0.910. The highest BCUT2D eigenvalue weighted by Gasteiger charge is 2.33. The van der Waals surface area contributed by atoms with Gasteiger partial charge in [-0.3, -0.25) is 0 Å². The minimum Gasteiger partial charge on any atom is -0.313 e. The van der Waals surface area contributed by atoms with E-state index in [1.54, 1.807) is 4.31 Å². The Labute approximate surface area is 128 Å². The molecule has 0 aromatic heterocycles. The maximum absolute atomic E-state index is 12.9. The van der Waals surface area contributed by atoms with E-state index in [1.807, 2.05) is 33.8 Å². The van der Waals surface area contributed by atoms with Crippen molar-refractivity contribution in [2.24, 2.45) is 0 Å². The fourth-order valence-electron chi connectivity index (χ4n) is 2.93. The topological polar surface area (TPSA) is 49.4 Å². The molecule has 4 nitrogen and oxygen atoms in total. The summed E-state index contributed by atoms with van der Waals surface area (Å²) in [7, 11) is -3.38. The largest absolute Gasteiger partial charge is 0.313 e. The number of rotatable bonds is 5. The molecule has 1 aromatic carbocycles. The third-order valence-electron chi connectivity index (χ3n) is 4.34. The molecule has 1 aliphatic heterocycles. The van der Waals surface area contributed by atoms with Gasteiger partial charge in [-0.1, -0.05) is 13.0 Å². The Morgan fingerprint density at radius 1 is 1.33 bits per heavy atom. The zero-order chi connectivity index (χ0) is 15.6. The van der Waals surface area contributed by atoms with Gasteiger partial charge < -0.3 is 5.32 Å². The van der Waals surface area contributed by atoms with Crippen LogP contribution in [-0.4, -0.2) is 31.9 Å². The van der Waals surface area contributed by atoms with Crippen LogP contribution in [0, 0.1) is 13.8 Å². The minimum atomic E-state index is -3.38. The van der Waals surface area contributed by atoms with E-state index in [1.165, 1.54) is 0 Å². The number of nitrogens with one attached hydrogen (secondary N) is 1. The van der Waals surface area contributed by atoms with E-state index in [4.69, 9.17) is 0 Å². The molecule has 1 fully saturated rings. The van der Waals surface area contributed by atoms with Crippen molar-refractivity contribution in [2.75, 3.05) is 13.1 Å². The predicted octanol–water partition coefficient (Wildman–Crippen LogP) is 2.59. The molecular formula is C16H26N2O2S. The van der Waals surface area contributed by atoms with Crippen LogP contribution in [0.1, 0.15) is 43.4 Å². The van der Waals surface area contributed by atoms with Gasteiger partial charge in [-0.25, -0.2) is 8.42 Å². The normalized spacial score (nSPS) is 20.1. The first-order chi connectivity index (χ1) is 9.87. The van der Waals surface area contributed by atoms with Crippen molar-refractivity contribution in [1.82, 2.24) is 9.62 Å². The maximum atomic E-state index is 12.9. The van der Waals surface area contributed by atoms with Gasteiger partial charge in [-0.2, -0.15) is 4.31 Å². The van der Waals surface area contributed by atoms with Crippen molar-refractivity contribution in [3.05, 3.63) is 28.8 Å². The van der Waals surface area contributed by atoms with Crippen LogP contribution in [0.2, 0.25) is 0 Å². The summed E-state index contributed by atoms with van der Waals surface area (Å²) in [6.45, 7) is 10.1. The molecule has 0 bridgehead atoms. The summed E-state index contributed by atoms with van der Waals surface area (Å²) in [5, 5.41) is 3.26. The Morgan fingerprint density at radius 2 is 2.05 bits per heavy atom. The lowest BCUT2D eigenvalue weighted by molar-refractivity contribution is 0.408. The molecule has 1 heterocycles. The molecular weight excluding hydrogens is 284 g/mol. The van der Waals surface area contributed by atoms with Gasteiger partial charge in [0, 0.05) is 19.1 Å². The molecule has 5 heteroatoms. The average molecular weight is 310 g/mol. The molecule has 0 radical (unpaired) electrons. The summed E-state index contributed by atoms with van der Waals surface area (Å²) in [4.78, 5) is 0.476. The number of nitrogens with zero attached hydrogens (tertiary/aromatic N) is 1. The Bertz CT molecular complexity index is 611. The molecule has 0 aliphatic carbocycles. The Morgan fingerprint density at radius 3 is 2.62 bits per heavy atom. The smallest absolute Gasteiger partial charge is 0.243 e. The Kier molecular flexibility index (Phi) is 5.07. The molecule has 0 amide bonds. The van der Waals surface area contributed by atoms with Crippen LogP contribution in [-0.2, 0) is 16.6 Å². The molecule has 1 atom stereocenters. The second-order valence-electron chi connectivity index (χ2n) is 5.92. The highest BCUT2D eigenvalue weighted by atomic mass is 32.2. The number of sulfonamides is 1. The van der Waals surface area contributed by atoms with Gasteiger partial charge in [0.2, 0.25) is 10.0 Å². The van der Waals surface area contributed by atoms with Crippen LogP contribution in [0.4, 0.5) is 0 Å². The van der Waals surface area contributed by atoms with Crippen molar-refractivity contribution in [2.45, 2.75) is 58.0 Å². The Balaban J connectivity index is 2.44. The second kappa shape index (κ2) is 6.46. The SMILES string of the molecule is CCNCc1cc(C)c(C)c(S(=O)(=O)N2CCCC2C)c1. The monoisotopic (exact) mass is 310 g/mol. The third kappa shape index (κ3) is 3.30. The fourth-order valence-corrected chi connectivity index (χ4v) is 4.98. The zero-order valence-corrected chi connectivity index (χ0v) is 14.3. The third-order valence-corrected chi connectivity index (χ3v) is 6.48. The van der Waals surface area contributed by atoms with Crippen molar-refractivity contribution < 1.29 is 8.42 Å². The summed E-state index contributed by atoms with van der Waals surface area (Å²) in [5.74, 6) is 0. The van der Waals surface area contributed by atoms with Crippen molar-refractivity contribution in [1.29, 1.82) is 0 Å². The summed E-state index contributed by atoms with van der Waals surface area (Å²) in [6.07, 6.45) is 1.91. The minimum absolute atomic E-state index is 0.104. The van der Waals surface area contributed by atoms with E-state index in [0.29, 0.717) is 18.0 Å². The number of aryl methyl sites for hydroxylation is 1. The van der Waals surface area contributed by atoms with E-state index in [9.17, 15) is 8.42 Å². The van der Waals surface area contributed by atoms with Gasteiger partial charge in [-0.05, 0) is 62.9 Å². The van der Waals surface area contributed by atoms with Crippen LogP contribution < -0.4 is 5.32 Å². The molecule has 1 N–H and O–H groups in total. The first-order valence-corrected chi connectivity index (χ1v) is 9.14. The number of benzene rings is 1. The van der Waals surface area contributed by atoms with E-state index in [0.717, 1.165) is 36.1 Å². The van der Waals surface area contributed by atoms with Crippen LogP contribution in [0.25, 0.3) is 0 Å². The maximum Gasteiger partial charge on any atom is 0.243 e. The van der Waals surface area contributed by atoms with Crippen LogP contribution >= 0.6 is 0 Å². The lowest BCUT2D eigenvalue weighted by atomic mass is 10.1. The van der Waals surface area contributed by atoms with E-state index >= 15 is 0 Å². The lowest BCUT2D eigenvalue weighted by Crippen LogP contribution is -2.34. The summed E-state index contributed by atoms with van der Waals surface area (Å²) < 4.78 is 27.6. The highest BCUT2D eigenvalue weighted by Crippen LogP contribution is 2.29. The summed E-state index contributed by atoms with van der Waals surface area (Å²) >= 11 is 0. The van der Waals surface area contributed by atoms with Crippen molar-refractivity contribution in [3.8, 4) is 0 Å². The molecule has 1 aromatic rings. The molecule has 0 spiro atoms. The van der Waals surface area contributed by atoms with Crippen molar-refractivity contribution in [3.63, 3.8) is 0 Å². The second-order valence-corrected chi connectivity index (χ2v) is 7.78. The van der Waals surface area contributed by atoms with E-state index in [2.05, 4.69) is 11.4 Å². The van der Waals surface area contributed by atoms with Gasteiger partial charge in [0.05, 0.1) is 4.90 Å². The molecule has 2 rings (SSSR count). The predicted molar refractivity (Wildman–Crippen MR) is 85.9 cm³/mol. The summed E-state index contributed by atoms with van der Waals surface area (Å²) in [5.41, 5.74) is 2.94. The van der Waals surface area contributed by atoms with Crippen molar-refractivity contribution >= 4 is 10.0 Å². The van der Waals surface area contributed by atoms with E-state index < -0.39 is 10.0 Å². The first-order valence-electron chi connectivity index (χ1n) is 7.70. The van der Waals surface area contributed by atoms with Crippen LogP contribution in [0.15, 0.2) is 17.0 Å². The van der Waals surface area contributed by atoms with E-state index in [-0.39, 0.29) is 6.04 Å².